The predicted molar refractivity (Wildman–Crippen MR) is 75.0 cm³/mol. The smallest absolute Gasteiger partial charge is 0.333 e. The van der Waals surface area contributed by atoms with Crippen molar-refractivity contribution in [3.05, 3.63) is 46.8 Å². The van der Waals surface area contributed by atoms with Gasteiger partial charge in [0.1, 0.15) is 5.69 Å². The van der Waals surface area contributed by atoms with Crippen molar-refractivity contribution in [2.24, 2.45) is 0 Å². The van der Waals surface area contributed by atoms with Gasteiger partial charge in [-0.3, -0.25) is 14.8 Å². The Bertz CT molecular complexity index is 569. The summed E-state index contributed by atoms with van der Waals surface area (Å²) in [4.78, 5) is 10.7. The fraction of sp³-hybridized carbons (Fsp3) is 0.308. The van der Waals surface area contributed by atoms with Crippen LogP contribution in [-0.2, 0) is 6.54 Å². The summed E-state index contributed by atoms with van der Waals surface area (Å²) in [5, 5.41) is 18.3. The van der Waals surface area contributed by atoms with Crippen molar-refractivity contribution in [3.63, 3.8) is 0 Å². The van der Waals surface area contributed by atoms with Crippen LogP contribution in [0.25, 0.3) is 0 Å². The van der Waals surface area contributed by atoms with Gasteiger partial charge in [0.05, 0.1) is 18.1 Å². The number of nitro benzene ring substituents is 1. The highest BCUT2D eigenvalue weighted by Gasteiger charge is 2.20. The van der Waals surface area contributed by atoms with Crippen LogP contribution in [0.2, 0.25) is 0 Å². The summed E-state index contributed by atoms with van der Waals surface area (Å²) in [5.41, 5.74) is 0.419. The molecule has 0 aliphatic heterocycles. The molecule has 0 spiro atoms. The lowest BCUT2D eigenvalue weighted by atomic mass is 10.2. The molecule has 0 amide bonds. The SMILES string of the molecule is CCOc1cccc(NCCn2cccn2)c1[N+](=O)[O-]. The van der Waals surface area contributed by atoms with Gasteiger partial charge < -0.3 is 10.1 Å². The quantitative estimate of drug-likeness (QED) is 0.619. The van der Waals surface area contributed by atoms with Gasteiger partial charge in [-0.2, -0.15) is 5.10 Å². The van der Waals surface area contributed by atoms with Crippen LogP contribution in [0.4, 0.5) is 11.4 Å². The third kappa shape index (κ3) is 3.25. The second kappa shape index (κ2) is 6.55. The number of hydrogen-bond acceptors (Lipinski definition) is 5. The van der Waals surface area contributed by atoms with E-state index in [1.165, 1.54) is 0 Å². The van der Waals surface area contributed by atoms with Gasteiger partial charge in [-0.25, -0.2) is 0 Å². The van der Waals surface area contributed by atoms with Gasteiger partial charge >= 0.3 is 5.69 Å². The van der Waals surface area contributed by atoms with Crippen molar-refractivity contribution in [2.75, 3.05) is 18.5 Å². The second-order valence-corrected chi connectivity index (χ2v) is 4.04. The standard InChI is InChI=1S/C13H16N4O3/c1-2-20-12-6-3-5-11(13(12)17(18)19)14-8-10-16-9-4-7-15-16/h3-7,9,14H,2,8,10H2,1H3. The largest absolute Gasteiger partial charge is 0.487 e. The molecule has 1 N–H and O–H groups in total. The van der Waals surface area contributed by atoms with Crippen molar-refractivity contribution in [2.45, 2.75) is 13.5 Å². The molecule has 0 fully saturated rings. The van der Waals surface area contributed by atoms with E-state index >= 15 is 0 Å². The van der Waals surface area contributed by atoms with E-state index in [1.807, 2.05) is 12.3 Å². The number of benzene rings is 1. The predicted octanol–water partition coefficient (Wildman–Crippen LogP) is 2.30. The van der Waals surface area contributed by atoms with E-state index < -0.39 is 4.92 Å². The lowest BCUT2D eigenvalue weighted by Crippen LogP contribution is -2.12. The molecule has 0 saturated heterocycles. The maximum absolute atomic E-state index is 11.2. The zero-order valence-corrected chi connectivity index (χ0v) is 11.2. The van der Waals surface area contributed by atoms with E-state index in [0.717, 1.165) is 0 Å². The minimum Gasteiger partial charge on any atom is -0.487 e. The van der Waals surface area contributed by atoms with Crippen molar-refractivity contribution in [3.8, 4) is 5.75 Å². The van der Waals surface area contributed by atoms with Gasteiger partial charge in [0.25, 0.3) is 0 Å². The number of ether oxygens (including phenoxy) is 1. The fourth-order valence-electron chi connectivity index (χ4n) is 1.86. The molecule has 0 unspecified atom stereocenters. The lowest BCUT2D eigenvalue weighted by molar-refractivity contribution is -0.384. The van der Waals surface area contributed by atoms with E-state index in [0.29, 0.717) is 25.4 Å². The number of rotatable bonds is 7. The molecule has 1 aromatic carbocycles. The van der Waals surface area contributed by atoms with Crippen LogP contribution in [0.15, 0.2) is 36.7 Å². The third-order valence-corrected chi connectivity index (χ3v) is 2.70. The Morgan fingerprint density at radius 1 is 1.45 bits per heavy atom. The summed E-state index contributed by atoms with van der Waals surface area (Å²) in [6.45, 7) is 3.35. The molecule has 0 aliphatic rings. The maximum Gasteiger partial charge on any atom is 0.333 e. The summed E-state index contributed by atoms with van der Waals surface area (Å²) in [5.74, 6) is 0.279. The van der Waals surface area contributed by atoms with E-state index in [2.05, 4.69) is 10.4 Å². The van der Waals surface area contributed by atoms with Gasteiger partial charge in [0.2, 0.25) is 0 Å². The molecule has 2 rings (SSSR count). The van der Waals surface area contributed by atoms with E-state index in [1.54, 1.807) is 36.0 Å². The summed E-state index contributed by atoms with van der Waals surface area (Å²) in [7, 11) is 0. The fourth-order valence-corrected chi connectivity index (χ4v) is 1.86. The van der Waals surface area contributed by atoms with Gasteiger partial charge in [-0.05, 0) is 25.1 Å². The molecule has 2 aromatic rings. The summed E-state index contributed by atoms with van der Waals surface area (Å²) in [6, 6.07) is 6.83. The summed E-state index contributed by atoms with van der Waals surface area (Å²) in [6.07, 6.45) is 3.53. The van der Waals surface area contributed by atoms with E-state index in [-0.39, 0.29) is 11.4 Å². The Morgan fingerprint density at radius 3 is 2.95 bits per heavy atom. The minimum atomic E-state index is -0.429. The molecule has 0 atom stereocenters. The number of nitrogens with zero attached hydrogens (tertiary/aromatic N) is 3. The lowest BCUT2D eigenvalue weighted by Gasteiger charge is -2.10. The molecule has 20 heavy (non-hydrogen) atoms. The van der Waals surface area contributed by atoms with Gasteiger partial charge in [-0.1, -0.05) is 6.07 Å². The highest BCUT2D eigenvalue weighted by molar-refractivity contribution is 5.68. The van der Waals surface area contributed by atoms with Gasteiger partial charge in [-0.15, -0.1) is 0 Å². The van der Waals surface area contributed by atoms with Crippen LogP contribution >= 0.6 is 0 Å². The van der Waals surface area contributed by atoms with Gasteiger partial charge in [0, 0.05) is 18.9 Å². The number of hydrogen-bond donors (Lipinski definition) is 1. The normalized spacial score (nSPS) is 10.2. The molecule has 0 aliphatic carbocycles. The van der Waals surface area contributed by atoms with Crippen LogP contribution in [0.5, 0.6) is 5.75 Å². The molecule has 7 heteroatoms. The zero-order chi connectivity index (χ0) is 14.4. The molecular formula is C13H16N4O3. The molecule has 0 radical (unpaired) electrons. The Balaban J connectivity index is 2.09. The van der Waals surface area contributed by atoms with Crippen LogP contribution in [0.3, 0.4) is 0 Å². The van der Waals surface area contributed by atoms with Crippen LogP contribution < -0.4 is 10.1 Å². The highest BCUT2D eigenvalue weighted by atomic mass is 16.6. The van der Waals surface area contributed by atoms with Crippen LogP contribution in [0.1, 0.15) is 6.92 Å². The molecule has 0 saturated carbocycles. The number of nitro groups is 1. The average molecular weight is 276 g/mol. The summed E-state index contributed by atoms with van der Waals surface area (Å²) >= 11 is 0. The Hall–Kier alpha value is -2.57. The van der Waals surface area contributed by atoms with Crippen molar-refractivity contribution >= 4 is 11.4 Å². The van der Waals surface area contributed by atoms with Crippen molar-refractivity contribution in [1.29, 1.82) is 0 Å². The molecule has 106 valence electrons. The number of aromatic nitrogens is 2. The molecule has 7 nitrogen and oxygen atoms in total. The van der Waals surface area contributed by atoms with E-state index in [9.17, 15) is 10.1 Å². The number of anilines is 1. The third-order valence-electron chi connectivity index (χ3n) is 2.70. The average Bonchev–Trinajstić information content (AvgIpc) is 2.92. The first-order valence-corrected chi connectivity index (χ1v) is 6.34. The Morgan fingerprint density at radius 2 is 2.30 bits per heavy atom. The molecule has 1 aromatic heterocycles. The maximum atomic E-state index is 11.2. The first kappa shape index (κ1) is 13.9. The van der Waals surface area contributed by atoms with Gasteiger partial charge in [0.15, 0.2) is 5.75 Å². The molecular weight excluding hydrogens is 260 g/mol. The topological polar surface area (TPSA) is 82.2 Å². The monoisotopic (exact) mass is 276 g/mol. The number of para-hydroxylation sites is 1. The molecule has 0 bridgehead atoms. The Kier molecular flexibility index (Phi) is 4.54. The van der Waals surface area contributed by atoms with Crippen molar-refractivity contribution < 1.29 is 9.66 Å². The minimum absolute atomic E-state index is 0.0326. The number of nitrogens with one attached hydrogen (secondary N) is 1. The Labute approximate surface area is 116 Å². The highest BCUT2D eigenvalue weighted by Crippen LogP contribution is 2.34. The van der Waals surface area contributed by atoms with Crippen LogP contribution in [0, 0.1) is 10.1 Å². The second-order valence-electron chi connectivity index (χ2n) is 4.04. The van der Waals surface area contributed by atoms with E-state index in [4.69, 9.17) is 4.74 Å². The first-order valence-electron chi connectivity index (χ1n) is 6.34. The van der Waals surface area contributed by atoms with Crippen molar-refractivity contribution in [1.82, 2.24) is 9.78 Å². The first-order chi connectivity index (χ1) is 9.72. The molecule has 1 heterocycles. The summed E-state index contributed by atoms with van der Waals surface area (Å²) < 4.78 is 7.05. The zero-order valence-electron chi connectivity index (χ0n) is 11.2. The van der Waals surface area contributed by atoms with Crippen LogP contribution in [-0.4, -0.2) is 27.9 Å².